The number of nitrogens with one attached hydrogen (secondary N) is 4. The van der Waals surface area contributed by atoms with Gasteiger partial charge in [-0.2, -0.15) is 0 Å². The second-order valence-corrected chi connectivity index (χ2v) is 6.09. The number of hydrogen-bond acceptors (Lipinski definition) is 6. The van der Waals surface area contributed by atoms with E-state index in [0.29, 0.717) is 11.9 Å². The summed E-state index contributed by atoms with van der Waals surface area (Å²) in [5.74, 6) is 0.0946. The van der Waals surface area contributed by atoms with Crippen molar-refractivity contribution in [3.8, 4) is 11.5 Å². The van der Waals surface area contributed by atoms with Gasteiger partial charge < -0.3 is 25.4 Å². The first-order chi connectivity index (χ1) is 12.3. The molecule has 8 nitrogen and oxygen atoms in total. The van der Waals surface area contributed by atoms with Crippen molar-refractivity contribution < 1.29 is 9.21 Å². The maximum absolute atomic E-state index is 11.8. The molecule has 1 aliphatic heterocycles. The van der Waals surface area contributed by atoms with Gasteiger partial charge in [-0.25, -0.2) is 9.97 Å². The Balaban J connectivity index is 1.75. The summed E-state index contributed by atoms with van der Waals surface area (Å²) < 4.78 is 5.55. The van der Waals surface area contributed by atoms with Crippen LogP contribution in [-0.2, 0) is 0 Å². The van der Waals surface area contributed by atoms with Crippen LogP contribution in [0.3, 0.4) is 0 Å². The quantitative estimate of drug-likeness (QED) is 0.576. The van der Waals surface area contributed by atoms with Gasteiger partial charge in [0.05, 0.1) is 11.3 Å². The van der Waals surface area contributed by atoms with Gasteiger partial charge in [-0.1, -0.05) is 0 Å². The van der Waals surface area contributed by atoms with E-state index in [2.05, 4.69) is 30.9 Å². The predicted molar refractivity (Wildman–Crippen MR) is 94.5 cm³/mol. The smallest absolute Gasteiger partial charge is 0.272 e. The van der Waals surface area contributed by atoms with Gasteiger partial charge in [0.2, 0.25) is 5.89 Å². The minimum absolute atomic E-state index is 0.247. The van der Waals surface area contributed by atoms with Crippen molar-refractivity contribution in [2.24, 2.45) is 0 Å². The van der Waals surface area contributed by atoms with Crippen LogP contribution in [0, 0.1) is 0 Å². The molecule has 1 fully saturated rings. The molecule has 1 amide bonds. The monoisotopic (exact) mass is 340 g/mol. The number of fused-ring (bicyclic) bond motifs is 1. The van der Waals surface area contributed by atoms with E-state index in [-0.39, 0.29) is 11.6 Å². The molecular formula is C17H20N6O2. The first kappa shape index (κ1) is 15.6. The summed E-state index contributed by atoms with van der Waals surface area (Å²) in [6.45, 7) is 1.96. The number of piperidine rings is 1. The second kappa shape index (κ2) is 6.56. The van der Waals surface area contributed by atoms with Gasteiger partial charge in [0.25, 0.3) is 5.91 Å². The highest BCUT2D eigenvalue weighted by Gasteiger charge is 2.21. The van der Waals surface area contributed by atoms with Crippen LogP contribution >= 0.6 is 0 Å². The van der Waals surface area contributed by atoms with E-state index in [1.54, 1.807) is 13.2 Å². The average molecular weight is 340 g/mol. The van der Waals surface area contributed by atoms with Crippen molar-refractivity contribution in [2.45, 2.75) is 18.9 Å². The number of carbonyl (C=O) groups excluding carboxylic acids is 1. The van der Waals surface area contributed by atoms with Crippen LogP contribution in [0.15, 0.2) is 29.1 Å². The summed E-state index contributed by atoms with van der Waals surface area (Å²) in [5.41, 5.74) is 2.71. The minimum atomic E-state index is -0.281. The molecule has 25 heavy (non-hydrogen) atoms. The highest BCUT2D eigenvalue weighted by Crippen LogP contribution is 2.33. The Labute approximate surface area is 144 Å². The van der Waals surface area contributed by atoms with E-state index in [1.807, 2.05) is 12.3 Å². The highest BCUT2D eigenvalue weighted by molar-refractivity contribution is 5.98. The van der Waals surface area contributed by atoms with Gasteiger partial charge in [0.1, 0.15) is 11.9 Å². The average Bonchev–Trinajstić information content (AvgIpc) is 3.31. The third-order valence-corrected chi connectivity index (χ3v) is 4.43. The summed E-state index contributed by atoms with van der Waals surface area (Å²) in [6, 6.07) is 2.30. The van der Waals surface area contributed by atoms with E-state index in [1.165, 1.54) is 6.26 Å². The lowest BCUT2D eigenvalue weighted by atomic mass is 10.1. The first-order valence-corrected chi connectivity index (χ1v) is 8.37. The molecule has 4 rings (SSSR count). The molecule has 3 aromatic rings. The molecule has 3 aromatic heterocycles. The van der Waals surface area contributed by atoms with Crippen LogP contribution in [0.1, 0.15) is 23.3 Å². The standard InChI is InChI=1S/C17H20N6O2/c1-18-16(24)13-9-25-17(23-13)12-8-21-15-11(4-6-20-15)14(12)22-10-3-2-5-19-7-10/h4,6,8-10,19H,2-3,5,7H2,1H3,(H,18,24)(H2,20,21,22). The van der Waals surface area contributed by atoms with Gasteiger partial charge in [0.15, 0.2) is 5.69 Å². The largest absolute Gasteiger partial charge is 0.443 e. The maximum atomic E-state index is 11.8. The van der Waals surface area contributed by atoms with Crippen LogP contribution in [0.2, 0.25) is 0 Å². The fourth-order valence-electron chi connectivity index (χ4n) is 3.13. The van der Waals surface area contributed by atoms with Gasteiger partial charge in [-0.15, -0.1) is 0 Å². The van der Waals surface area contributed by atoms with Crippen molar-refractivity contribution in [3.63, 3.8) is 0 Å². The number of rotatable bonds is 4. The number of oxazole rings is 1. The molecule has 0 radical (unpaired) electrons. The zero-order valence-corrected chi connectivity index (χ0v) is 13.9. The second-order valence-electron chi connectivity index (χ2n) is 6.09. The molecular weight excluding hydrogens is 320 g/mol. The molecule has 0 saturated carbocycles. The van der Waals surface area contributed by atoms with Gasteiger partial charge >= 0.3 is 0 Å². The lowest BCUT2D eigenvalue weighted by Gasteiger charge is -2.26. The number of pyridine rings is 1. The van der Waals surface area contributed by atoms with Crippen LogP contribution in [0.5, 0.6) is 0 Å². The summed E-state index contributed by atoms with van der Waals surface area (Å²) in [4.78, 5) is 23.6. The molecule has 4 N–H and O–H groups in total. The summed E-state index contributed by atoms with van der Waals surface area (Å²) in [7, 11) is 1.56. The third kappa shape index (κ3) is 2.96. The molecule has 1 saturated heterocycles. The molecule has 8 heteroatoms. The van der Waals surface area contributed by atoms with Crippen molar-refractivity contribution in [1.82, 2.24) is 25.6 Å². The Morgan fingerprint density at radius 1 is 1.44 bits per heavy atom. The van der Waals surface area contributed by atoms with Crippen LogP contribution in [0.4, 0.5) is 5.69 Å². The SMILES string of the molecule is CNC(=O)c1coc(-c2cnc3[nH]ccc3c2NC2CCCNC2)n1. The molecule has 1 aliphatic rings. The Morgan fingerprint density at radius 3 is 3.16 bits per heavy atom. The van der Waals surface area contributed by atoms with Crippen molar-refractivity contribution in [2.75, 3.05) is 25.5 Å². The highest BCUT2D eigenvalue weighted by atomic mass is 16.3. The lowest BCUT2D eigenvalue weighted by Crippen LogP contribution is -2.38. The molecule has 0 aliphatic carbocycles. The molecule has 4 heterocycles. The minimum Gasteiger partial charge on any atom is -0.443 e. The van der Waals surface area contributed by atoms with Crippen molar-refractivity contribution >= 4 is 22.6 Å². The van der Waals surface area contributed by atoms with Crippen LogP contribution < -0.4 is 16.0 Å². The van der Waals surface area contributed by atoms with Gasteiger partial charge in [0, 0.05) is 37.4 Å². The van der Waals surface area contributed by atoms with Crippen molar-refractivity contribution in [1.29, 1.82) is 0 Å². The van der Waals surface area contributed by atoms with E-state index in [9.17, 15) is 4.79 Å². The number of aromatic amines is 1. The molecule has 0 bridgehead atoms. The Bertz CT molecular complexity index is 894. The maximum Gasteiger partial charge on any atom is 0.272 e. The fraction of sp³-hybridized carbons (Fsp3) is 0.353. The number of H-pyrrole nitrogens is 1. The summed E-state index contributed by atoms with van der Waals surface area (Å²) >= 11 is 0. The van der Waals surface area contributed by atoms with E-state index in [4.69, 9.17) is 4.42 Å². The van der Waals surface area contributed by atoms with Gasteiger partial charge in [-0.05, 0) is 25.5 Å². The number of carbonyl (C=O) groups is 1. The van der Waals surface area contributed by atoms with E-state index >= 15 is 0 Å². The summed E-state index contributed by atoms with van der Waals surface area (Å²) in [5, 5.41) is 10.5. The Kier molecular flexibility index (Phi) is 4.10. The van der Waals surface area contributed by atoms with Gasteiger partial charge in [-0.3, -0.25) is 4.79 Å². The number of hydrogen-bond donors (Lipinski definition) is 4. The topological polar surface area (TPSA) is 108 Å². The van der Waals surface area contributed by atoms with E-state index < -0.39 is 0 Å². The number of nitrogens with zero attached hydrogens (tertiary/aromatic N) is 2. The van der Waals surface area contributed by atoms with Crippen molar-refractivity contribution in [3.05, 3.63) is 30.4 Å². The molecule has 130 valence electrons. The molecule has 1 unspecified atom stereocenters. The van der Waals surface area contributed by atoms with Crippen LogP contribution in [0.25, 0.3) is 22.5 Å². The zero-order valence-electron chi connectivity index (χ0n) is 13.9. The number of amides is 1. The number of aromatic nitrogens is 3. The van der Waals surface area contributed by atoms with E-state index in [0.717, 1.165) is 48.2 Å². The third-order valence-electron chi connectivity index (χ3n) is 4.43. The molecule has 0 spiro atoms. The lowest BCUT2D eigenvalue weighted by molar-refractivity contribution is 0.0958. The number of anilines is 1. The predicted octanol–water partition coefficient (Wildman–Crippen LogP) is 1.74. The summed E-state index contributed by atoms with van der Waals surface area (Å²) in [6.07, 6.45) is 7.17. The molecule has 1 atom stereocenters. The molecule has 0 aromatic carbocycles. The Hall–Kier alpha value is -2.87. The normalized spacial score (nSPS) is 17.6. The van der Waals surface area contributed by atoms with Crippen LogP contribution in [-0.4, -0.2) is 47.0 Å². The Morgan fingerprint density at radius 2 is 2.36 bits per heavy atom. The zero-order chi connectivity index (χ0) is 17.2. The first-order valence-electron chi connectivity index (χ1n) is 8.37. The fourth-order valence-corrected chi connectivity index (χ4v) is 3.13.